The van der Waals surface area contributed by atoms with E-state index in [-0.39, 0.29) is 17.4 Å². The van der Waals surface area contributed by atoms with Gasteiger partial charge in [-0.1, -0.05) is 6.07 Å². The topological polar surface area (TPSA) is 50.9 Å². The molecule has 17 heavy (non-hydrogen) atoms. The fraction of sp³-hybridized carbons (Fsp3) is 0.462. The first-order valence-corrected chi connectivity index (χ1v) is 5.99. The lowest BCUT2D eigenvalue weighted by atomic mass is 9.97. The van der Waals surface area contributed by atoms with E-state index in [4.69, 9.17) is 9.47 Å². The SMILES string of the molecule is O=C1Nc2cccc(OCC3CO3)c2C12CC2. The second-order valence-electron chi connectivity index (χ2n) is 4.98. The summed E-state index contributed by atoms with van der Waals surface area (Å²) in [6, 6.07) is 5.81. The Morgan fingerprint density at radius 3 is 3.00 bits per heavy atom. The second kappa shape index (κ2) is 3.01. The molecule has 3 aliphatic rings. The predicted octanol–water partition coefficient (Wildman–Crippen LogP) is 1.45. The molecule has 1 saturated heterocycles. The van der Waals surface area contributed by atoms with Crippen molar-refractivity contribution in [3.05, 3.63) is 23.8 Å². The van der Waals surface area contributed by atoms with Crippen molar-refractivity contribution in [2.45, 2.75) is 24.4 Å². The number of nitrogens with one attached hydrogen (secondary N) is 1. The number of amides is 1. The lowest BCUT2D eigenvalue weighted by Gasteiger charge is -2.12. The summed E-state index contributed by atoms with van der Waals surface area (Å²) in [6.07, 6.45) is 2.12. The van der Waals surface area contributed by atoms with Crippen LogP contribution in [-0.2, 0) is 14.9 Å². The molecule has 4 rings (SSSR count). The van der Waals surface area contributed by atoms with Gasteiger partial charge in [0, 0.05) is 11.3 Å². The minimum atomic E-state index is -0.281. The van der Waals surface area contributed by atoms with E-state index >= 15 is 0 Å². The summed E-state index contributed by atoms with van der Waals surface area (Å²) in [7, 11) is 0. The number of ether oxygens (including phenoxy) is 2. The summed E-state index contributed by atoms with van der Waals surface area (Å²) in [5, 5.41) is 2.94. The molecule has 1 amide bonds. The lowest BCUT2D eigenvalue weighted by molar-refractivity contribution is -0.117. The number of fused-ring (bicyclic) bond motifs is 2. The van der Waals surface area contributed by atoms with Crippen LogP contribution < -0.4 is 10.1 Å². The van der Waals surface area contributed by atoms with E-state index in [0.717, 1.165) is 36.4 Å². The first kappa shape index (κ1) is 9.48. The number of benzene rings is 1. The van der Waals surface area contributed by atoms with Crippen molar-refractivity contribution >= 4 is 11.6 Å². The average Bonchev–Trinajstić information content (AvgIpc) is 3.20. The molecule has 1 saturated carbocycles. The minimum absolute atomic E-state index is 0.131. The summed E-state index contributed by atoms with van der Waals surface area (Å²) >= 11 is 0. The highest BCUT2D eigenvalue weighted by molar-refractivity contribution is 6.09. The predicted molar refractivity (Wildman–Crippen MR) is 61.2 cm³/mol. The molecule has 2 fully saturated rings. The van der Waals surface area contributed by atoms with Crippen LogP contribution in [0, 0.1) is 0 Å². The molecule has 88 valence electrons. The maximum atomic E-state index is 11.9. The largest absolute Gasteiger partial charge is 0.490 e. The smallest absolute Gasteiger partial charge is 0.235 e. The van der Waals surface area contributed by atoms with Crippen molar-refractivity contribution in [1.82, 2.24) is 0 Å². The van der Waals surface area contributed by atoms with Crippen molar-refractivity contribution in [2.75, 3.05) is 18.5 Å². The second-order valence-corrected chi connectivity index (χ2v) is 4.98. The van der Waals surface area contributed by atoms with Gasteiger partial charge in [0.05, 0.1) is 12.0 Å². The van der Waals surface area contributed by atoms with Gasteiger partial charge in [0.2, 0.25) is 5.91 Å². The lowest BCUT2D eigenvalue weighted by Crippen LogP contribution is -2.19. The summed E-state index contributed by atoms with van der Waals surface area (Å²) < 4.78 is 10.9. The first-order valence-electron chi connectivity index (χ1n) is 5.99. The fourth-order valence-corrected chi connectivity index (χ4v) is 2.55. The first-order chi connectivity index (χ1) is 8.29. The van der Waals surface area contributed by atoms with Crippen molar-refractivity contribution in [3.63, 3.8) is 0 Å². The Morgan fingerprint density at radius 2 is 2.29 bits per heavy atom. The Bertz CT molecular complexity index is 503. The monoisotopic (exact) mass is 231 g/mol. The Balaban J connectivity index is 1.71. The maximum Gasteiger partial charge on any atom is 0.235 e. The third kappa shape index (κ3) is 1.30. The zero-order valence-electron chi connectivity index (χ0n) is 9.36. The molecule has 1 aromatic carbocycles. The molecule has 2 heterocycles. The molecule has 2 aliphatic heterocycles. The highest BCUT2D eigenvalue weighted by atomic mass is 16.6. The van der Waals surface area contributed by atoms with E-state index < -0.39 is 0 Å². The summed E-state index contributed by atoms with van der Waals surface area (Å²) in [6.45, 7) is 1.37. The third-order valence-corrected chi connectivity index (χ3v) is 3.76. The van der Waals surface area contributed by atoms with Crippen LogP contribution in [-0.4, -0.2) is 25.2 Å². The molecular formula is C13H13NO3. The fourth-order valence-electron chi connectivity index (χ4n) is 2.55. The Hall–Kier alpha value is -1.55. The third-order valence-electron chi connectivity index (χ3n) is 3.76. The zero-order valence-corrected chi connectivity index (χ0v) is 9.36. The number of carbonyl (C=O) groups is 1. The van der Waals surface area contributed by atoms with Crippen LogP contribution in [0.1, 0.15) is 18.4 Å². The van der Waals surface area contributed by atoms with E-state index in [1.54, 1.807) is 0 Å². The molecule has 4 nitrogen and oxygen atoms in total. The van der Waals surface area contributed by atoms with Crippen molar-refractivity contribution in [1.29, 1.82) is 0 Å². The minimum Gasteiger partial charge on any atom is -0.490 e. The molecule has 1 atom stereocenters. The molecule has 1 aliphatic carbocycles. The molecule has 0 aromatic heterocycles. The van der Waals surface area contributed by atoms with E-state index in [0.29, 0.717) is 6.61 Å². The summed E-state index contributed by atoms with van der Waals surface area (Å²) in [5.41, 5.74) is 1.70. The molecule has 0 radical (unpaired) electrons. The van der Waals surface area contributed by atoms with Crippen LogP contribution in [0.4, 0.5) is 5.69 Å². The van der Waals surface area contributed by atoms with Crippen LogP contribution >= 0.6 is 0 Å². The van der Waals surface area contributed by atoms with Gasteiger partial charge in [-0.25, -0.2) is 0 Å². The van der Waals surface area contributed by atoms with Gasteiger partial charge in [0.15, 0.2) is 0 Å². The van der Waals surface area contributed by atoms with Crippen LogP contribution in [0.25, 0.3) is 0 Å². The van der Waals surface area contributed by atoms with Gasteiger partial charge >= 0.3 is 0 Å². The highest BCUT2D eigenvalue weighted by Crippen LogP contribution is 2.58. The van der Waals surface area contributed by atoms with Gasteiger partial charge in [-0.05, 0) is 25.0 Å². The zero-order chi connectivity index (χ0) is 11.5. The van der Waals surface area contributed by atoms with Crippen LogP contribution in [0.5, 0.6) is 5.75 Å². The Morgan fingerprint density at radius 1 is 1.47 bits per heavy atom. The van der Waals surface area contributed by atoms with Gasteiger partial charge in [-0.2, -0.15) is 0 Å². The van der Waals surface area contributed by atoms with Crippen molar-refractivity contribution in [3.8, 4) is 5.75 Å². The van der Waals surface area contributed by atoms with Crippen LogP contribution in [0.2, 0.25) is 0 Å². The molecule has 1 N–H and O–H groups in total. The average molecular weight is 231 g/mol. The van der Waals surface area contributed by atoms with Gasteiger partial charge < -0.3 is 14.8 Å². The Kier molecular flexibility index (Phi) is 1.68. The maximum absolute atomic E-state index is 11.9. The van der Waals surface area contributed by atoms with Crippen LogP contribution in [0.15, 0.2) is 18.2 Å². The molecule has 4 heteroatoms. The molecule has 1 spiro atoms. The quantitative estimate of drug-likeness (QED) is 0.801. The summed E-state index contributed by atoms with van der Waals surface area (Å²) in [4.78, 5) is 11.9. The van der Waals surface area contributed by atoms with Crippen molar-refractivity contribution < 1.29 is 14.3 Å². The molecule has 1 aromatic rings. The van der Waals surface area contributed by atoms with E-state index in [2.05, 4.69) is 5.32 Å². The molecule has 0 bridgehead atoms. The standard InChI is InChI=1S/C13H13NO3/c15-12-13(4-5-13)11-9(14-12)2-1-3-10(11)17-7-8-6-16-8/h1-3,8H,4-7H2,(H,14,15). The summed E-state index contributed by atoms with van der Waals surface area (Å²) in [5.74, 6) is 0.972. The number of rotatable bonds is 3. The van der Waals surface area contributed by atoms with Gasteiger partial charge in [-0.15, -0.1) is 0 Å². The number of hydrogen-bond acceptors (Lipinski definition) is 3. The number of hydrogen-bond donors (Lipinski definition) is 1. The van der Waals surface area contributed by atoms with Crippen molar-refractivity contribution in [2.24, 2.45) is 0 Å². The number of epoxide rings is 1. The number of carbonyl (C=O) groups excluding carboxylic acids is 1. The van der Waals surface area contributed by atoms with E-state index in [1.165, 1.54) is 0 Å². The normalized spacial score (nSPS) is 26.6. The number of anilines is 1. The van der Waals surface area contributed by atoms with Gasteiger partial charge in [0.25, 0.3) is 0 Å². The highest BCUT2D eigenvalue weighted by Gasteiger charge is 2.57. The molecule has 1 unspecified atom stereocenters. The van der Waals surface area contributed by atoms with E-state index in [9.17, 15) is 4.79 Å². The molecular weight excluding hydrogens is 218 g/mol. The van der Waals surface area contributed by atoms with E-state index in [1.807, 2.05) is 18.2 Å². The van der Waals surface area contributed by atoms with Crippen LogP contribution in [0.3, 0.4) is 0 Å². The van der Waals surface area contributed by atoms with Gasteiger partial charge in [0.1, 0.15) is 18.5 Å². The Labute approximate surface area is 98.9 Å². The van der Waals surface area contributed by atoms with Gasteiger partial charge in [-0.3, -0.25) is 4.79 Å².